The zero-order valence-corrected chi connectivity index (χ0v) is 12.7. The lowest BCUT2D eigenvalue weighted by molar-refractivity contribution is -0.242. The molecule has 2 aliphatic rings. The van der Waals surface area contributed by atoms with E-state index in [1.807, 2.05) is 0 Å². The summed E-state index contributed by atoms with van der Waals surface area (Å²) in [6.45, 7) is -0.518. The van der Waals surface area contributed by atoms with E-state index in [1.165, 1.54) is 7.11 Å². The fourth-order valence-corrected chi connectivity index (χ4v) is 3.73. The summed E-state index contributed by atoms with van der Waals surface area (Å²) in [5.41, 5.74) is -1.63. The van der Waals surface area contributed by atoms with Crippen molar-refractivity contribution in [3.8, 4) is 0 Å². The minimum Gasteiger partial charge on any atom is -0.394 e. The first-order valence-electron chi connectivity index (χ1n) is 6.89. The van der Waals surface area contributed by atoms with Crippen LogP contribution in [0.15, 0.2) is 0 Å². The van der Waals surface area contributed by atoms with Crippen LogP contribution in [0.4, 0.5) is 0 Å². The molecule has 0 radical (unpaired) electrons. The third kappa shape index (κ3) is 3.73. The number of ether oxygens (including phenoxy) is 3. The Bertz CT molecular complexity index is 357. The van der Waals surface area contributed by atoms with Gasteiger partial charge in [-0.05, 0) is 0 Å². The van der Waals surface area contributed by atoms with Crippen molar-refractivity contribution in [3.05, 3.63) is 0 Å². The monoisotopic (exact) mass is 342 g/mol. The molecule has 2 rings (SSSR count). The van der Waals surface area contributed by atoms with E-state index in [0.717, 1.165) is 11.8 Å². The zero-order valence-electron chi connectivity index (χ0n) is 11.9. The molecule has 9 nitrogen and oxygen atoms in total. The molecule has 10 heteroatoms. The number of hydrogen-bond acceptors (Lipinski definition) is 10. The third-order valence-corrected chi connectivity index (χ3v) is 5.02. The molecule has 2 heterocycles. The van der Waals surface area contributed by atoms with E-state index in [0.29, 0.717) is 0 Å². The van der Waals surface area contributed by atoms with Gasteiger partial charge in [0, 0.05) is 13.5 Å². The van der Waals surface area contributed by atoms with Crippen molar-refractivity contribution in [1.82, 2.24) is 0 Å². The topological polar surface area (TPSA) is 149 Å². The highest BCUT2D eigenvalue weighted by Gasteiger charge is 2.46. The van der Waals surface area contributed by atoms with Crippen LogP contribution in [-0.4, -0.2) is 98.1 Å². The van der Waals surface area contributed by atoms with E-state index in [-0.39, 0.29) is 6.42 Å². The predicted molar refractivity (Wildman–Crippen MR) is 73.7 cm³/mol. The molecule has 0 aromatic rings. The van der Waals surface area contributed by atoms with E-state index < -0.39 is 60.4 Å². The van der Waals surface area contributed by atoms with Crippen molar-refractivity contribution >= 4 is 11.8 Å². The molecule has 0 saturated carbocycles. The van der Waals surface area contributed by atoms with Gasteiger partial charge in [0.05, 0.1) is 12.7 Å². The van der Waals surface area contributed by atoms with Crippen LogP contribution in [0.2, 0.25) is 0 Å². The molecule has 0 amide bonds. The summed E-state index contributed by atoms with van der Waals surface area (Å²) in [4.78, 5) is 0. The minimum atomic E-state index is -1.47. The largest absolute Gasteiger partial charge is 0.394 e. The van der Waals surface area contributed by atoms with Crippen LogP contribution in [-0.2, 0) is 14.2 Å². The van der Waals surface area contributed by atoms with Gasteiger partial charge in [-0.3, -0.25) is 0 Å². The van der Waals surface area contributed by atoms with Gasteiger partial charge in [-0.15, -0.1) is 0 Å². The molecule has 9 atom stereocenters. The number of thioether (sulfide) groups is 1. The molecule has 22 heavy (non-hydrogen) atoms. The normalized spacial score (nSPS) is 50.0. The molecular formula is C12H22O9S. The molecule has 2 aliphatic heterocycles. The highest BCUT2D eigenvalue weighted by Crippen LogP contribution is 2.36. The highest BCUT2D eigenvalue weighted by molar-refractivity contribution is 8.00. The summed E-state index contributed by atoms with van der Waals surface area (Å²) in [6, 6.07) is 0. The zero-order chi connectivity index (χ0) is 16.4. The first-order valence-corrected chi connectivity index (χ1v) is 7.83. The van der Waals surface area contributed by atoms with Crippen molar-refractivity contribution in [2.24, 2.45) is 0 Å². The van der Waals surface area contributed by atoms with E-state index in [1.54, 1.807) is 0 Å². The maximum atomic E-state index is 9.96. The lowest BCUT2D eigenvalue weighted by atomic mass is 10.0. The van der Waals surface area contributed by atoms with Crippen molar-refractivity contribution < 1.29 is 44.8 Å². The predicted octanol–water partition coefficient (Wildman–Crippen LogP) is -3.04. The number of aliphatic hydroxyl groups excluding tert-OH is 6. The standard InChI is InChI=1S/C12H22O9S/c1-19-11-7(15)4(14)2-6(21-11)22-12-10(18)9(17)8(16)5(3-13)20-12/h4-18H,2-3H2,1H3/t4-,5-,6-,7-,8-,9+,10-,11?,12+/m0/s1. The van der Waals surface area contributed by atoms with Crippen LogP contribution in [0, 0.1) is 0 Å². The maximum Gasteiger partial charge on any atom is 0.187 e. The Morgan fingerprint density at radius 2 is 1.68 bits per heavy atom. The fourth-order valence-electron chi connectivity index (χ4n) is 2.42. The number of rotatable bonds is 4. The summed E-state index contributed by atoms with van der Waals surface area (Å²) >= 11 is 0.972. The average molecular weight is 342 g/mol. The van der Waals surface area contributed by atoms with Crippen molar-refractivity contribution in [2.45, 2.75) is 60.2 Å². The van der Waals surface area contributed by atoms with E-state index >= 15 is 0 Å². The van der Waals surface area contributed by atoms with E-state index in [4.69, 9.17) is 19.3 Å². The molecule has 1 unspecified atom stereocenters. The van der Waals surface area contributed by atoms with Crippen LogP contribution >= 0.6 is 11.8 Å². The molecule has 0 bridgehead atoms. The fraction of sp³-hybridized carbons (Fsp3) is 1.00. The average Bonchev–Trinajstić information content (AvgIpc) is 2.51. The Hall–Kier alpha value is -0.0100. The van der Waals surface area contributed by atoms with Gasteiger partial charge >= 0.3 is 0 Å². The molecule has 0 aromatic carbocycles. The van der Waals surface area contributed by atoms with Crippen molar-refractivity contribution in [2.75, 3.05) is 13.7 Å². The Kier molecular flexibility index (Phi) is 6.42. The third-order valence-electron chi connectivity index (χ3n) is 3.76. The lowest BCUT2D eigenvalue weighted by Crippen LogP contribution is -2.58. The van der Waals surface area contributed by atoms with Crippen LogP contribution in [0.5, 0.6) is 0 Å². The molecule has 2 saturated heterocycles. The van der Waals surface area contributed by atoms with Gasteiger partial charge in [0.15, 0.2) is 6.29 Å². The molecular weight excluding hydrogens is 320 g/mol. The van der Waals surface area contributed by atoms with Gasteiger partial charge < -0.3 is 44.8 Å². The van der Waals surface area contributed by atoms with E-state index in [9.17, 15) is 25.5 Å². The molecule has 130 valence electrons. The summed E-state index contributed by atoms with van der Waals surface area (Å²) in [5.74, 6) is 0. The van der Waals surface area contributed by atoms with Gasteiger partial charge in [0.2, 0.25) is 0 Å². The molecule has 0 spiro atoms. The van der Waals surface area contributed by atoms with Gasteiger partial charge in [0.25, 0.3) is 0 Å². The first-order chi connectivity index (χ1) is 10.4. The van der Waals surface area contributed by atoms with Gasteiger partial charge in [0.1, 0.15) is 41.4 Å². The summed E-state index contributed by atoms with van der Waals surface area (Å²) in [6.07, 6.45) is -8.50. The second-order valence-corrected chi connectivity index (χ2v) is 6.56. The summed E-state index contributed by atoms with van der Waals surface area (Å²) in [5, 5.41) is 58.0. The first kappa shape index (κ1) is 18.3. The number of methoxy groups -OCH3 is 1. The van der Waals surface area contributed by atoms with Gasteiger partial charge in [-0.1, -0.05) is 11.8 Å². The Labute approximate surface area is 131 Å². The molecule has 2 fully saturated rings. The number of hydrogen-bond donors (Lipinski definition) is 6. The van der Waals surface area contributed by atoms with E-state index in [2.05, 4.69) is 0 Å². The smallest absolute Gasteiger partial charge is 0.187 e. The lowest BCUT2D eigenvalue weighted by Gasteiger charge is -2.42. The Balaban J connectivity index is 2.00. The quantitative estimate of drug-likeness (QED) is 0.311. The van der Waals surface area contributed by atoms with Crippen LogP contribution in [0.25, 0.3) is 0 Å². The minimum absolute atomic E-state index is 0.0702. The SMILES string of the molecule is COC1O[C@@H](S[C@H]2O[C@@H](CO)[C@H](O)[C@@H](O)[C@@H]2O)C[C@H](O)[C@@H]1O. The second-order valence-electron chi connectivity index (χ2n) is 5.30. The Morgan fingerprint density at radius 1 is 1.00 bits per heavy atom. The van der Waals surface area contributed by atoms with Crippen molar-refractivity contribution in [3.63, 3.8) is 0 Å². The van der Waals surface area contributed by atoms with Gasteiger partial charge in [-0.2, -0.15) is 0 Å². The second kappa shape index (κ2) is 7.71. The molecule has 0 aliphatic carbocycles. The molecule has 0 aromatic heterocycles. The maximum absolute atomic E-state index is 9.96. The summed E-state index contributed by atoms with van der Waals surface area (Å²) < 4.78 is 15.7. The Morgan fingerprint density at radius 3 is 2.27 bits per heavy atom. The highest BCUT2D eigenvalue weighted by atomic mass is 32.2. The molecule has 6 N–H and O–H groups in total. The van der Waals surface area contributed by atoms with Crippen LogP contribution < -0.4 is 0 Å². The summed E-state index contributed by atoms with van der Waals surface area (Å²) in [7, 11) is 1.32. The van der Waals surface area contributed by atoms with Crippen LogP contribution in [0.1, 0.15) is 6.42 Å². The van der Waals surface area contributed by atoms with Gasteiger partial charge in [-0.25, -0.2) is 0 Å². The van der Waals surface area contributed by atoms with Crippen molar-refractivity contribution in [1.29, 1.82) is 0 Å². The van der Waals surface area contributed by atoms with Crippen LogP contribution in [0.3, 0.4) is 0 Å². The number of aliphatic hydroxyl groups is 6.